The number of hydrogen-bond acceptors (Lipinski definition) is 6. The molecule has 1 aromatic heterocycles. The van der Waals surface area contributed by atoms with Crippen LogP contribution >= 0.6 is 0 Å². The Balaban J connectivity index is 1.57. The Kier molecular flexibility index (Phi) is 3.75. The van der Waals surface area contributed by atoms with Crippen molar-refractivity contribution in [2.75, 3.05) is 18.8 Å². The van der Waals surface area contributed by atoms with Crippen LogP contribution in [0, 0.1) is 6.92 Å². The van der Waals surface area contributed by atoms with Gasteiger partial charge in [-0.2, -0.15) is 0 Å². The zero-order chi connectivity index (χ0) is 17.6. The average molecular weight is 362 g/mol. The van der Waals surface area contributed by atoms with Crippen LogP contribution in [0.25, 0.3) is 0 Å². The van der Waals surface area contributed by atoms with Gasteiger partial charge >= 0.3 is 0 Å². The Morgan fingerprint density at radius 2 is 2.16 bits per heavy atom. The van der Waals surface area contributed by atoms with Gasteiger partial charge in [0.25, 0.3) is 15.9 Å². The van der Waals surface area contributed by atoms with Crippen LogP contribution in [-0.4, -0.2) is 54.0 Å². The van der Waals surface area contributed by atoms with Crippen LogP contribution in [0.4, 0.5) is 0 Å². The molecule has 0 unspecified atom stereocenters. The van der Waals surface area contributed by atoms with E-state index in [-0.39, 0.29) is 17.7 Å². The number of amidine groups is 1. The summed E-state index contributed by atoms with van der Waals surface area (Å²) in [6, 6.07) is 1.75. The van der Waals surface area contributed by atoms with Crippen molar-refractivity contribution in [2.24, 2.45) is 4.40 Å². The molecule has 4 rings (SSSR count). The predicted octanol–water partition coefficient (Wildman–Crippen LogP) is 1.14. The molecular weight excluding hydrogens is 344 g/mol. The number of carbonyl (C=O) groups is 1. The molecule has 0 N–H and O–H groups in total. The van der Waals surface area contributed by atoms with Crippen LogP contribution in [0.15, 0.2) is 38.9 Å². The number of sulfonamides is 1. The summed E-state index contributed by atoms with van der Waals surface area (Å²) in [5.74, 6) is 0.911. The normalized spacial score (nSPS) is 24.8. The topological polar surface area (TPSA) is 96.1 Å². The maximum Gasteiger partial charge on any atom is 0.256 e. The van der Waals surface area contributed by atoms with Crippen molar-refractivity contribution in [1.82, 2.24) is 15.0 Å². The molecule has 0 aliphatic carbocycles. The van der Waals surface area contributed by atoms with Gasteiger partial charge in [-0.3, -0.25) is 4.79 Å². The van der Waals surface area contributed by atoms with Crippen molar-refractivity contribution in [2.45, 2.75) is 25.8 Å². The highest BCUT2D eigenvalue weighted by atomic mass is 32.2. The Morgan fingerprint density at radius 3 is 2.92 bits per heavy atom. The number of nitrogens with zero attached hydrogens (tertiary/aromatic N) is 4. The van der Waals surface area contributed by atoms with Gasteiger partial charge in [0, 0.05) is 25.4 Å². The number of fused-ring (bicyclic) bond motifs is 1. The predicted molar refractivity (Wildman–Crippen MR) is 90.1 cm³/mol. The minimum atomic E-state index is -3.40. The van der Waals surface area contributed by atoms with Crippen LogP contribution in [0.1, 0.15) is 30.3 Å². The minimum Gasteiger partial charge on any atom is -0.359 e. The fourth-order valence-electron chi connectivity index (χ4n) is 3.34. The molecule has 4 heterocycles. The van der Waals surface area contributed by atoms with Gasteiger partial charge in [0.05, 0.1) is 23.1 Å². The molecule has 1 amide bonds. The van der Waals surface area contributed by atoms with Crippen molar-refractivity contribution < 1.29 is 17.7 Å². The third-order valence-electron chi connectivity index (χ3n) is 4.56. The first-order valence-corrected chi connectivity index (χ1v) is 9.77. The number of amides is 1. The summed E-state index contributed by atoms with van der Waals surface area (Å²) in [5.41, 5.74) is 1.31. The second kappa shape index (κ2) is 5.83. The van der Waals surface area contributed by atoms with Gasteiger partial charge in [0.15, 0.2) is 5.76 Å². The molecule has 1 fully saturated rings. The fraction of sp³-hybridized carbons (Fsp3) is 0.438. The van der Waals surface area contributed by atoms with Crippen LogP contribution < -0.4 is 0 Å². The average Bonchev–Trinajstić information content (AvgIpc) is 3.21. The molecule has 25 heavy (non-hydrogen) atoms. The summed E-state index contributed by atoms with van der Waals surface area (Å²) >= 11 is 0. The van der Waals surface area contributed by atoms with Gasteiger partial charge in [-0.1, -0.05) is 5.16 Å². The van der Waals surface area contributed by atoms with E-state index in [0.29, 0.717) is 30.3 Å². The largest absolute Gasteiger partial charge is 0.359 e. The summed E-state index contributed by atoms with van der Waals surface area (Å²) in [6.07, 6.45) is 6.62. The van der Waals surface area contributed by atoms with Gasteiger partial charge in [-0.15, -0.1) is 4.40 Å². The van der Waals surface area contributed by atoms with E-state index in [4.69, 9.17) is 4.52 Å². The second-order valence-electron chi connectivity index (χ2n) is 6.37. The molecule has 132 valence electrons. The number of rotatable bonds is 2. The zero-order valence-electron chi connectivity index (χ0n) is 13.8. The van der Waals surface area contributed by atoms with Crippen molar-refractivity contribution in [3.05, 3.63) is 41.4 Å². The van der Waals surface area contributed by atoms with Crippen molar-refractivity contribution in [3.63, 3.8) is 0 Å². The number of carbonyl (C=O) groups excluding carboxylic acids is 1. The summed E-state index contributed by atoms with van der Waals surface area (Å²) in [5, 5.41) is 3.91. The van der Waals surface area contributed by atoms with Gasteiger partial charge < -0.3 is 14.3 Å². The summed E-state index contributed by atoms with van der Waals surface area (Å²) in [7, 11) is -3.40. The molecular formula is C16H18N4O4S. The second-order valence-corrected chi connectivity index (χ2v) is 8.13. The lowest BCUT2D eigenvalue weighted by Gasteiger charge is -2.29. The quantitative estimate of drug-likeness (QED) is 0.783. The van der Waals surface area contributed by atoms with Crippen LogP contribution in [-0.2, 0) is 14.8 Å². The van der Waals surface area contributed by atoms with Gasteiger partial charge in [0.1, 0.15) is 5.84 Å². The van der Waals surface area contributed by atoms with E-state index >= 15 is 0 Å². The number of aryl methyl sites for hydroxylation is 1. The smallest absolute Gasteiger partial charge is 0.256 e. The fourth-order valence-corrected chi connectivity index (χ4v) is 4.31. The highest BCUT2D eigenvalue weighted by molar-refractivity contribution is 7.90. The standard InChI is InChI=1S/C16H18N4O4S/c1-11-9-14(24-17-11)13-3-2-6-20(13)16(21)12-4-5-15-18-25(22,23)8-7-19(15)10-12/h4-5,9-10,13H,2-3,6-8H2,1H3/t13-/m0/s1. The first-order chi connectivity index (χ1) is 11.9. The van der Waals surface area contributed by atoms with E-state index in [1.165, 1.54) is 0 Å². The van der Waals surface area contributed by atoms with Gasteiger partial charge in [-0.05, 0) is 31.9 Å². The molecule has 0 spiro atoms. The third-order valence-corrected chi connectivity index (χ3v) is 5.72. The lowest BCUT2D eigenvalue weighted by atomic mass is 10.1. The molecule has 1 aromatic rings. The molecule has 0 bridgehead atoms. The molecule has 3 aliphatic rings. The van der Waals surface area contributed by atoms with E-state index in [2.05, 4.69) is 9.55 Å². The van der Waals surface area contributed by atoms with E-state index < -0.39 is 10.0 Å². The monoisotopic (exact) mass is 362 g/mol. The summed E-state index contributed by atoms with van der Waals surface area (Å²) in [6.45, 7) is 2.81. The molecule has 9 heteroatoms. The van der Waals surface area contributed by atoms with E-state index in [1.807, 2.05) is 13.0 Å². The first kappa shape index (κ1) is 16.1. The number of likely N-dealkylation sites (tertiary alicyclic amines) is 1. The van der Waals surface area contributed by atoms with Crippen molar-refractivity contribution >= 4 is 21.8 Å². The molecule has 0 radical (unpaired) electrons. The Labute approximate surface area is 145 Å². The highest BCUT2D eigenvalue weighted by Crippen LogP contribution is 2.34. The Bertz CT molecular complexity index is 912. The van der Waals surface area contributed by atoms with Crippen LogP contribution in [0.3, 0.4) is 0 Å². The molecule has 1 saturated heterocycles. The molecule has 1 atom stereocenters. The van der Waals surface area contributed by atoms with Gasteiger partial charge in [0.2, 0.25) is 0 Å². The Morgan fingerprint density at radius 1 is 1.32 bits per heavy atom. The SMILES string of the molecule is Cc1cc([C@@H]2CCCN2C(=O)C2=CN3CCS(=O)(=O)N=C3C=C2)on1. The lowest BCUT2D eigenvalue weighted by Crippen LogP contribution is -2.39. The number of hydrogen-bond donors (Lipinski definition) is 0. The summed E-state index contributed by atoms with van der Waals surface area (Å²) in [4.78, 5) is 16.4. The highest BCUT2D eigenvalue weighted by Gasteiger charge is 2.35. The van der Waals surface area contributed by atoms with Gasteiger partial charge in [-0.25, -0.2) is 8.42 Å². The maximum absolute atomic E-state index is 13.0. The molecule has 0 aromatic carbocycles. The summed E-state index contributed by atoms with van der Waals surface area (Å²) < 4.78 is 32.2. The van der Waals surface area contributed by atoms with Crippen molar-refractivity contribution in [1.29, 1.82) is 0 Å². The molecule has 8 nitrogen and oxygen atoms in total. The van der Waals surface area contributed by atoms with E-state index in [1.54, 1.807) is 28.2 Å². The van der Waals surface area contributed by atoms with Crippen LogP contribution in [0.5, 0.6) is 0 Å². The van der Waals surface area contributed by atoms with E-state index in [9.17, 15) is 13.2 Å². The first-order valence-electron chi connectivity index (χ1n) is 8.16. The maximum atomic E-state index is 13.0. The lowest BCUT2D eigenvalue weighted by molar-refractivity contribution is -0.128. The van der Waals surface area contributed by atoms with Crippen LogP contribution in [0.2, 0.25) is 0 Å². The van der Waals surface area contributed by atoms with Crippen molar-refractivity contribution in [3.8, 4) is 0 Å². The minimum absolute atomic E-state index is 0.0496. The zero-order valence-corrected chi connectivity index (χ0v) is 14.6. The molecule has 3 aliphatic heterocycles. The number of aromatic nitrogens is 1. The molecule has 0 saturated carbocycles. The van der Waals surface area contributed by atoms with E-state index in [0.717, 1.165) is 18.5 Å². The Hall–Kier alpha value is -2.42. The third kappa shape index (κ3) is 2.99.